The quantitative estimate of drug-likeness (QED) is 0.649. The van der Waals surface area contributed by atoms with Gasteiger partial charge in [0.2, 0.25) is 0 Å². The summed E-state index contributed by atoms with van der Waals surface area (Å²) < 4.78 is 5.57. The molecule has 2 heteroatoms. The van der Waals surface area contributed by atoms with E-state index in [1.165, 1.54) is 0 Å². The molecule has 12 heavy (non-hydrogen) atoms. The first kappa shape index (κ1) is 11.9. The summed E-state index contributed by atoms with van der Waals surface area (Å²) in [5.74, 6) is -0.964. The van der Waals surface area contributed by atoms with Gasteiger partial charge in [0.05, 0.1) is 5.60 Å². The van der Waals surface area contributed by atoms with Crippen molar-refractivity contribution in [1.82, 2.24) is 0 Å². The van der Waals surface area contributed by atoms with E-state index in [1.54, 1.807) is 6.92 Å². The van der Waals surface area contributed by atoms with E-state index in [-0.39, 0.29) is 5.60 Å². The zero-order valence-corrected chi connectivity index (χ0v) is 8.98. The molecule has 0 spiro atoms. The summed E-state index contributed by atoms with van der Waals surface area (Å²) in [6, 6.07) is 0. The monoisotopic (exact) mass is 174 g/mol. The highest BCUT2D eigenvalue weighted by Gasteiger charge is 2.28. The van der Waals surface area contributed by atoms with Gasteiger partial charge in [-0.1, -0.05) is 20.3 Å². The molecule has 0 amide bonds. The molecule has 0 aromatic carbocycles. The Morgan fingerprint density at radius 1 is 1.17 bits per heavy atom. The van der Waals surface area contributed by atoms with Gasteiger partial charge in [0, 0.05) is 6.42 Å². The van der Waals surface area contributed by atoms with Gasteiger partial charge in [-0.15, -0.1) is 0 Å². The van der Waals surface area contributed by atoms with Gasteiger partial charge in [0.1, 0.15) is 0 Å². The summed E-state index contributed by atoms with van der Waals surface area (Å²) in [5, 5.41) is 9.76. The molecule has 1 N–H and O–H groups in total. The average molecular weight is 174 g/mol. The second-order valence-electron chi connectivity index (χ2n) is 4.14. The Morgan fingerprint density at radius 2 is 1.67 bits per heavy atom. The Balaban J connectivity index is 4.04. The van der Waals surface area contributed by atoms with Crippen LogP contribution in [0.5, 0.6) is 0 Å². The van der Waals surface area contributed by atoms with Crippen LogP contribution in [0.2, 0.25) is 0 Å². The van der Waals surface area contributed by atoms with E-state index in [0.29, 0.717) is 6.42 Å². The Hall–Kier alpha value is -0.0800. The van der Waals surface area contributed by atoms with Crippen molar-refractivity contribution in [2.45, 2.75) is 65.3 Å². The summed E-state index contributed by atoms with van der Waals surface area (Å²) in [4.78, 5) is 0. The van der Waals surface area contributed by atoms with E-state index in [0.717, 1.165) is 12.8 Å². The summed E-state index contributed by atoms with van der Waals surface area (Å²) >= 11 is 0. The molecule has 0 saturated carbocycles. The predicted molar refractivity (Wildman–Crippen MR) is 51.0 cm³/mol. The maximum Gasteiger partial charge on any atom is 0.163 e. The van der Waals surface area contributed by atoms with Crippen LogP contribution >= 0.6 is 0 Å². The number of ether oxygens (including phenoxy) is 1. The Bertz CT molecular complexity index is 128. The van der Waals surface area contributed by atoms with Gasteiger partial charge in [-0.25, -0.2) is 0 Å². The standard InChI is InChI=1S/C10H22O2/c1-6-8-10(5,11)12-9(3,4)7-2/h11H,6-8H2,1-5H3. The van der Waals surface area contributed by atoms with Crippen LogP contribution in [0.4, 0.5) is 0 Å². The zero-order chi connectivity index (χ0) is 9.83. The molecule has 0 fully saturated rings. The third kappa shape index (κ3) is 4.73. The minimum atomic E-state index is -0.964. The summed E-state index contributed by atoms with van der Waals surface area (Å²) in [6.45, 7) is 9.82. The van der Waals surface area contributed by atoms with Gasteiger partial charge >= 0.3 is 0 Å². The second-order valence-corrected chi connectivity index (χ2v) is 4.14. The largest absolute Gasteiger partial charge is 0.366 e. The van der Waals surface area contributed by atoms with Crippen LogP contribution in [-0.2, 0) is 4.74 Å². The molecule has 0 aromatic heterocycles. The molecule has 0 saturated heterocycles. The van der Waals surface area contributed by atoms with E-state index < -0.39 is 5.79 Å². The molecular weight excluding hydrogens is 152 g/mol. The first-order chi connectivity index (χ1) is 5.33. The van der Waals surface area contributed by atoms with E-state index in [2.05, 4.69) is 6.92 Å². The normalized spacial score (nSPS) is 17.5. The van der Waals surface area contributed by atoms with Crippen LogP contribution in [-0.4, -0.2) is 16.5 Å². The molecule has 0 aliphatic carbocycles. The number of hydrogen-bond donors (Lipinski definition) is 1. The molecule has 0 heterocycles. The van der Waals surface area contributed by atoms with Gasteiger partial charge in [-0.05, 0) is 27.2 Å². The van der Waals surface area contributed by atoms with Crippen molar-refractivity contribution in [2.75, 3.05) is 0 Å². The molecule has 0 radical (unpaired) electrons. The van der Waals surface area contributed by atoms with Gasteiger partial charge < -0.3 is 9.84 Å². The predicted octanol–water partition coefficient (Wildman–Crippen LogP) is 2.70. The summed E-state index contributed by atoms with van der Waals surface area (Å²) in [5.41, 5.74) is -0.224. The Morgan fingerprint density at radius 3 is 2.00 bits per heavy atom. The fourth-order valence-corrected chi connectivity index (χ4v) is 1.18. The van der Waals surface area contributed by atoms with E-state index in [1.807, 2.05) is 20.8 Å². The third-order valence-corrected chi connectivity index (χ3v) is 2.06. The topological polar surface area (TPSA) is 29.5 Å². The molecule has 0 aliphatic rings. The highest BCUT2D eigenvalue weighted by atomic mass is 16.6. The van der Waals surface area contributed by atoms with E-state index >= 15 is 0 Å². The van der Waals surface area contributed by atoms with Crippen molar-refractivity contribution in [3.05, 3.63) is 0 Å². The van der Waals surface area contributed by atoms with Crippen molar-refractivity contribution in [1.29, 1.82) is 0 Å². The fourth-order valence-electron chi connectivity index (χ4n) is 1.18. The van der Waals surface area contributed by atoms with Crippen LogP contribution < -0.4 is 0 Å². The van der Waals surface area contributed by atoms with Crippen molar-refractivity contribution in [3.63, 3.8) is 0 Å². The zero-order valence-electron chi connectivity index (χ0n) is 8.98. The van der Waals surface area contributed by atoms with E-state index in [4.69, 9.17) is 4.74 Å². The number of rotatable bonds is 5. The van der Waals surface area contributed by atoms with Crippen LogP contribution in [0.1, 0.15) is 53.9 Å². The first-order valence-electron chi connectivity index (χ1n) is 4.75. The van der Waals surface area contributed by atoms with Gasteiger partial charge in [0.15, 0.2) is 5.79 Å². The van der Waals surface area contributed by atoms with Crippen molar-refractivity contribution >= 4 is 0 Å². The molecule has 0 aliphatic heterocycles. The molecular formula is C10H22O2. The second kappa shape index (κ2) is 4.24. The molecule has 2 nitrogen and oxygen atoms in total. The van der Waals surface area contributed by atoms with Gasteiger partial charge in [-0.3, -0.25) is 0 Å². The van der Waals surface area contributed by atoms with Crippen LogP contribution in [0.3, 0.4) is 0 Å². The highest BCUT2D eigenvalue weighted by molar-refractivity contribution is 4.71. The molecule has 1 unspecified atom stereocenters. The van der Waals surface area contributed by atoms with Crippen LogP contribution in [0.25, 0.3) is 0 Å². The number of hydrogen-bond acceptors (Lipinski definition) is 2. The third-order valence-electron chi connectivity index (χ3n) is 2.06. The van der Waals surface area contributed by atoms with Crippen LogP contribution in [0, 0.1) is 0 Å². The summed E-state index contributed by atoms with van der Waals surface area (Å²) in [6.07, 6.45) is 2.54. The van der Waals surface area contributed by atoms with Gasteiger partial charge in [0.25, 0.3) is 0 Å². The highest BCUT2D eigenvalue weighted by Crippen LogP contribution is 2.24. The van der Waals surface area contributed by atoms with E-state index in [9.17, 15) is 5.11 Å². The van der Waals surface area contributed by atoms with Crippen molar-refractivity contribution in [3.8, 4) is 0 Å². The molecule has 1 atom stereocenters. The maximum absolute atomic E-state index is 9.76. The first-order valence-corrected chi connectivity index (χ1v) is 4.75. The minimum absolute atomic E-state index is 0.224. The lowest BCUT2D eigenvalue weighted by molar-refractivity contribution is -0.250. The van der Waals surface area contributed by atoms with Crippen molar-refractivity contribution in [2.24, 2.45) is 0 Å². The molecule has 0 rings (SSSR count). The average Bonchev–Trinajstić information content (AvgIpc) is 1.85. The number of aliphatic hydroxyl groups is 1. The maximum atomic E-state index is 9.76. The molecule has 0 aromatic rings. The molecule has 0 bridgehead atoms. The van der Waals surface area contributed by atoms with Crippen LogP contribution in [0.15, 0.2) is 0 Å². The Kier molecular flexibility index (Phi) is 4.21. The fraction of sp³-hybridized carbons (Fsp3) is 1.00. The van der Waals surface area contributed by atoms with Gasteiger partial charge in [-0.2, -0.15) is 0 Å². The minimum Gasteiger partial charge on any atom is -0.366 e. The smallest absolute Gasteiger partial charge is 0.163 e. The summed E-state index contributed by atoms with van der Waals surface area (Å²) in [7, 11) is 0. The SMILES string of the molecule is CCCC(C)(O)OC(C)(C)CC. The Labute approximate surface area is 75.9 Å². The lowest BCUT2D eigenvalue weighted by atomic mass is 10.1. The van der Waals surface area contributed by atoms with Crippen molar-refractivity contribution < 1.29 is 9.84 Å². The lowest BCUT2D eigenvalue weighted by Crippen LogP contribution is -2.38. The molecule has 74 valence electrons. The lowest BCUT2D eigenvalue weighted by Gasteiger charge is -2.34.